The summed E-state index contributed by atoms with van der Waals surface area (Å²) in [5.41, 5.74) is 3.30. The molecule has 0 saturated heterocycles. The Hall–Kier alpha value is -2.00. The van der Waals surface area contributed by atoms with E-state index in [1.165, 1.54) is 0 Å². The highest BCUT2D eigenvalue weighted by Crippen LogP contribution is 2.35. The first-order valence-corrected chi connectivity index (χ1v) is 5.93. The minimum absolute atomic E-state index is 0.00235. The molecule has 3 nitrogen and oxygen atoms in total. The molecule has 0 radical (unpaired) electrons. The van der Waals surface area contributed by atoms with Gasteiger partial charge in [0.05, 0.1) is 6.42 Å². The van der Waals surface area contributed by atoms with Crippen LogP contribution in [0.25, 0.3) is 11.1 Å². The van der Waals surface area contributed by atoms with Crippen molar-refractivity contribution in [2.75, 3.05) is 5.32 Å². The van der Waals surface area contributed by atoms with Gasteiger partial charge in [0.15, 0.2) is 0 Å². The Morgan fingerprint density at radius 1 is 1.17 bits per heavy atom. The Bertz CT molecular complexity index is 652. The zero-order valence-corrected chi connectivity index (χ0v) is 10.2. The number of hydrogen-bond donors (Lipinski definition) is 2. The van der Waals surface area contributed by atoms with Crippen LogP contribution < -0.4 is 5.32 Å². The second kappa shape index (κ2) is 4.03. The molecule has 1 amide bonds. The lowest BCUT2D eigenvalue weighted by Gasteiger charge is -2.07. The lowest BCUT2D eigenvalue weighted by molar-refractivity contribution is -0.115. The number of amides is 1. The van der Waals surface area contributed by atoms with Crippen molar-refractivity contribution in [2.45, 2.75) is 6.42 Å². The molecule has 0 saturated carbocycles. The molecule has 18 heavy (non-hydrogen) atoms. The lowest BCUT2D eigenvalue weighted by Crippen LogP contribution is -2.03. The van der Waals surface area contributed by atoms with E-state index in [9.17, 15) is 9.90 Å². The van der Waals surface area contributed by atoms with Gasteiger partial charge in [0.2, 0.25) is 5.91 Å². The number of benzene rings is 2. The number of fused-ring (bicyclic) bond motifs is 1. The Labute approximate surface area is 109 Å². The van der Waals surface area contributed by atoms with Crippen LogP contribution in [0.5, 0.6) is 5.75 Å². The molecule has 0 fully saturated rings. The molecule has 2 aromatic rings. The van der Waals surface area contributed by atoms with Crippen molar-refractivity contribution in [1.82, 2.24) is 0 Å². The molecule has 0 aromatic heterocycles. The Morgan fingerprint density at radius 3 is 2.83 bits per heavy atom. The Morgan fingerprint density at radius 2 is 2.00 bits per heavy atom. The van der Waals surface area contributed by atoms with E-state index < -0.39 is 0 Å². The second-order valence-electron chi connectivity index (χ2n) is 4.26. The summed E-state index contributed by atoms with van der Waals surface area (Å²) in [4.78, 5) is 11.3. The smallest absolute Gasteiger partial charge is 0.228 e. The van der Waals surface area contributed by atoms with E-state index in [-0.39, 0.29) is 11.7 Å². The number of hydrogen-bond acceptors (Lipinski definition) is 2. The van der Waals surface area contributed by atoms with Crippen molar-refractivity contribution >= 4 is 23.2 Å². The molecule has 0 aliphatic carbocycles. The van der Waals surface area contributed by atoms with Crippen molar-refractivity contribution in [2.24, 2.45) is 0 Å². The molecular formula is C14H10ClNO2. The van der Waals surface area contributed by atoms with Crippen LogP contribution in [0.1, 0.15) is 5.56 Å². The highest BCUT2D eigenvalue weighted by atomic mass is 35.5. The zero-order valence-electron chi connectivity index (χ0n) is 9.40. The largest absolute Gasteiger partial charge is 0.507 e. The van der Waals surface area contributed by atoms with Crippen LogP contribution in [-0.4, -0.2) is 11.0 Å². The fourth-order valence-corrected chi connectivity index (χ4v) is 2.31. The molecule has 1 aliphatic rings. The minimum Gasteiger partial charge on any atom is -0.507 e. The zero-order chi connectivity index (χ0) is 12.7. The van der Waals surface area contributed by atoms with Crippen molar-refractivity contribution < 1.29 is 9.90 Å². The predicted octanol–water partition coefficient (Wildman–Crippen LogP) is 3.21. The Balaban J connectivity index is 2.11. The number of halogens is 1. The number of carbonyl (C=O) groups excluding carboxylic acids is 1. The molecule has 1 heterocycles. The minimum atomic E-state index is -0.00235. The molecule has 4 heteroatoms. The van der Waals surface area contributed by atoms with E-state index in [1.54, 1.807) is 18.2 Å². The highest BCUT2D eigenvalue weighted by Gasteiger charge is 2.18. The van der Waals surface area contributed by atoms with Gasteiger partial charge in [-0.05, 0) is 41.5 Å². The molecule has 2 aromatic carbocycles. The van der Waals surface area contributed by atoms with E-state index in [1.807, 2.05) is 18.2 Å². The fraction of sp³-hybridized carbons (Fsp3) is 0.0714. The van der Waals surface area contributed by atoms with Crippen molar-refractivity contribution in [3.63, 3.8) is 0 Å². The lowest BCUT2D eigenvalue weighted by atomic mass is 10.0. The molecule has 2 N–H and O–H groups in total. The van der Waals surface area contributed by atoms with Crippen LogP contribution >= 0.6 is 11.6 Å². The van der Waals surface area contributed by atoms with Crippen LogP contribution in [0.2, 0.25) is 5.02 Å². The standard InChI is InChI=1S/C14H10ClNO2/c15-10-2-4-13(17)11(7-10)8-1-3-12-9(5-8)6-14(18)16-12/h1-5,7,17H,6H2,(H,16,18). The third-order valence-electron chi connectivity index (χ3n) is 3.00. The number of phenolic OH excluding ortho intramolecular Hbond substituents is 1. The van der Waals surface area contributed by atoms with Crippen molar-refractivity contribution in [1.29, 1.82) is 0 Å². The first-order valence-electron chi connectivity index (χ1n) is 5.55. The van der Waals surface area contributed by atoms with Crippen LogP contribution in [-0.2, 0) is 11.2 Å². The van der Waals surface area contributed by atoms with Gasteiger partial charge in [0.1, 0.15) is 5.75 Å². The molecule has 0 spiro atoms. The van der Waals surface area contributed by atoms with Crippen LogP contribution in [0.15, 0.2) is 36.4 Å². The number of anilines is 1. The number of carbonyl (C=O) groups is 1. The van der Waals surface area contributed by atoms with Gasteiger partial charge >= 0.3 is 0 Å². The third kappa shape index (κ3) is 1.83. The molecule has 1 aliphatic heterocycles. The third-order valence-corrected chi connectivity index (χ3v) is 3.24. The number of nitrogens with one attached hydrogen (secondary N) is 1. The highest BCUT2D eigenvalue weighted by molar-refractivity contribution is 6.31. The molecule has 0 bridgehead atoms. The van der Waals surface area contributed by atoms with E-state index in [0.29, 0.717) is 17.0 Å². The molecule has 3 rings (SSSR count). The summed E-state index contributed by atoms with van der Waals surface area (Å²) in [6.45, 7) is 0. The summed E-state index contributed by atoms with van der Waals surface area (Å²) in [6.07, 6.45) is 0.379. The normalized spacial score (nSPS) is 13.3. The van der Waals surface area contributed by atoms with Gasteiger partial charge in [-0.1, -0.05) is 17.7 Å². The first-order chi connectivity index (χ1) is 8.63. The summed E-state index contributed by atoms with van der Waals surface area (Å²) < 4.78 is 0. The van der Waals surface area contributed by atoms with Gasteiger partial charge in [0, 0.05) is 16.3 Å². The van der Waals surface area contributed by atoms with E-state index in [2.05, 4.69) is 5.32 Å². The maximum atomic E-state index is 11.3. The van der Waals surface area contributed by atoms with Gasteiger partial charge in [-0.15, -0.1) is 0 Å². The maximum absolute atomic E-state index is 11.3. The van der Waals surface area contributed by atoms with Crippen LogP contribution in [0.3, 0.4) is 0 Å². The van der Waals surface area contributed by atoms with Crippen molar-refractivity contribution in [3.8, 4) is 16.9 Å². The van der Waals surface area contributed by atoms with Gasteiger partial charge in [-0.25, -0.2) is 0 Å². The number of rotatable bonds is 1. The quantitative estimate of drug-likeness (QED) is 0.826. The topological polar surface area (TPSA) is 49.3 Å². The van der Waals surface area contributed by atoms with Gasteiger partial charge in [-0.2, -0.15) is 0 Å². The van der Waals surface area contributed by atoms with Crippen molar-refractivity contribution in [3.05, 3.63) is 47.0 Å². The Kier molecular flexibility index (Phi) is 2.49. The molecular weight excluding hydrogens is 250 g/mol. The molecule has 0 unspecified atom stereocenters. The monoisotopic (exact) mass is 259 g/mol. The second-order valence-corrected chi connectivity index (χ2v) is 4.69. The average molecular weight is 260 g/mol. The summed E-state index contributed by atoms with van der Waals surface area (Å²) in [5.74, 6) is 0.175. The van der Waals surface area contributed by atoms with Gasteiger partial charge < -0.3 is 10.4 Å². The summed E-state index contributed by atoms with van der Waals surface area (Å²) >= 11 is 5.93. The number of aromatic hydroxyl groups is 1. The van der Waals surface area contributed by atoms with Crippen LogP contribution in [0, 0.1) is 0 Å². The molecule has 0 atom stereocenters. The summed E-state index contributed by atoms with van der Waals surface area (Å²) in [7, 11) is 0. The molecule has 90 valence electrons. The van der Waals surface area contributed by atoms with Crippen LogP contribution in [0.4, 0.5) is 5.69 Å². The average Bonchev–Trinajstić information content (AvgIpc) is 2.71. The summed E-state index contributed by atoms with van der Waals surface area (Å²) in [5, 5.41) is 13.2. The SMILES string of the molecule is O=C1Cc2cc(-c3cc(Cl)ccc3O)ccc2N1. The van der Waals surface area contributed by atoms with E-state index in [4.69, 9.17) is 11.6 Å². The summed E-state index contributed by atoms with van der Waals surface area (Å²) in [6, 6.07) is 10.5. The maximum Gasteiger partial charge on any atom is 0.228 e. The fourth-order valence-electron chi connectivity index (χ4n) is 2.14. The predicted molar refractivity (Wildman–Crippen MR) is 70.9 cm³/mol. The first kappa shape index (κ1) is 11.1. The number of phenols is 1. The van der Waals surface area contributed by atoms with E-state index >= 15 is 0 Å². The van der Waals surface area contributed by atoms with Gasteiger partial charge in [0.25, 0.3) is 0 Å². The van der Waals surface area contributed by atoms with Gasteiger partial charge in [-0.3, -0.25) is 4.79 Å². The van der Waals surface area contributed by atoms with E-state index in [0.717, 1.165) is 16.8 Å².